The van der Waals surface area contributed by atoms with Crippen LogP contribution in [0.5, 0.6) is 0 Å². The summed E-state index contributed by atoms with van der Waals surface area (Å²) in [5.41, 5.74) is 9.48. The summed E-state index contributed by atoms with van der Waals surface area (Å²) in [5.74, 6) is 5.53. The van der Waals surface area contributed by atoms with Crippen molar-refractivity contribution >= 4 is 29.4 Å². The molecule has 3 rings (SSSR count). The van der Waals surface area contributed by atoms with Gasteiger partial charge in [-0.2, -0.15) is 18.3 Å². The minimum absolute atomic E-state index is 0.0570. The first-order chi connectivity index (χ1) is 20.9. The highest BCUT2D eigenvalue weighted by atomic mass is 35.5. The highest BCUT2D eigenvalue weighted by Gasteiger charge is 2.35. The lowest BCUT2D eigenvalue weighted by molar-refractivity contribution is -0.0883. The molecule has 1 aromatic rings. The molecule has 0 aromatic heterocycles. The van der Waals surface area contributed by atoms with Crippen molar-refractivity contribution in [3.05, 3.63) is 87.4 Å². The average Bonchev–Trinajstić information content (AvgIpc) is 3.28. The van der Waals surface area contributed by atoms with Gasteiger partial charge < -0.3 is 26.1 Å². The first-order valence-electron chi connectivity index (χ1n) is 14.0. The molecule has 1 amide bonds. The smallest absolute Gasteiger partial charge is 0.397 e. The van der Waals surface area contributed by atoms with Crippen molar-refractivity contribution in [3.8, 4) is 0 Å². The van der Waals surface area contributed by atoms with E-state index in [1.54, 1.807) is 26.1 Å². The Morgan fingerprint density at radius 3 is 2.66 bits per heavy atom. The molecule has 1 aromatic carbocycles. The van der Waals surface area contributed by atoms with Crippen LogP contribution < -0.4 is 27.3 Å². The zero-order chi connectivity index (χ0) is 32.4. The van der Waals surface area contributed by atoms with Gasteiger partial charge in [0, 0.05) is 51.1 Å². The molecule has 0 radical (unpaired) electrons. The topological polar surface area (TPSA) is 124 Å². The van der Waals surface area contributed by atoms with Gasteiger partial charge in [-0.1, -0.05) is 17.7 Å². The van der Waals surface area contributed by atoms with E-state index in [2.05, 4.69) is 25.6 Å². The molecule has 2 aliphatic rings. The molecule has 10 nitrogen and oxygen atoms in total. The van der Waals surface area contributed by atoms with E-state index in [0.717, 1.165) is 49.8 Å². The number of amides is 1. The van der Waals surface area contributed by atoms with Crippen LogP contribution in [-0.4, -0.2) is 88.1 Å². The molecule has 1 saturated heterocycles. The van der Waals surface area contributed by atoms with Gasteiger partial charge in [0.1, 0.15) is 6.10 Å². The minimum atomic E-state index is -4.65. The van der Waals surface area contributed by atoms with Gasteiger partial charge in [0.05, 0.1) is 33.9 Å². The SMILES string of the molecule is C/C=C(/C=N\NC)C(\N)=C\N(N)c1cc(C(=O)NC2=CC(C(F)(F)F)=CC(CN3CCCN(C)CC3)=CC2OC)ccc1Cl. The number of alkyl halides is 3. The zero-order valence-electron chi connectivity index (χ0n) is 25.3. The number of ether oxygens (including phenoxy) is 1. The largest absolute Gasteiger partial charge is 0.416 e. The molecule has 1 aliphatic heterocycles. The van der Waals surface area contributed by atoms with Gasteiger partial charge in [0.2, 0.25) is 0 Å². The van der Waals surface area contributed by atoms with E-state index in [4.69, 9.17) is 27.9 Å². The van der Waals surface area contributed by atoms with Gasteiger partial charge in [-0.3, -0.25) is 14.7 Å². The number of hydrazine groups is 1. The molecule has 0 saturated carbocycles. The quantitative estimate of drug-likeness (QED) is 0.133. The molecule has 1 heterocycles. The molecule has 1 unspecified atom stereocenters. The van der Waals surface area contributed by atoms with E-state index in [1.807, 2.05) is 7.05 Å². The number of hydrogen-bond donors (Lipinski definition) is 4. The van der Waals surface area contributed by atoms with Gasteiger partial charge >= 0.3 is 6.18 Å². The molecule has 6 N–H and O–H groups in total. The van der Waals surface area contributed by atoms with Crippen LogP contribution in [0.15, 0.2) is 81.9 Å². The number of rotatable bonds is 10. The number of hydrogen-bond acceptors (Lipinski definition) is 9. The minimum Gasteiger partial charge on any atom is -0.397 e. The van der Waals surface area contributed by atoms with Crippen molar-refractivity contribution in [3.63, 3.8) is 0 Å². The Morgan fingerprint density at radius 2 is 2.00 bits per heavy atom. The fourth-order valence-corrected chi connectivity index (χ4v) is 4.92. The maximum Gasteiger partial charge on any atom is 0.416 e. The van der Waals surface area contributed by atoms with Crippen LogP contribution in [0.4, 0.5) is 18.9 Å². The van der Waals surface area contributed by atoms with Crippen LogP contribution in [0.2, 0.25) is 5.02 Å². The first kappa shape index (κ1) is 34.9. The maximum atomic E-state index is 14.1. The molecule has 1 fully saturated rings. The van der Waals surface area contributed by atoms with E-state index in [0.29, 0.717) is 17.7 Å². The Hall–Kier alpha value is -3.62. The molecule has 44 heavy (non-hydrogen) atoms. The molecular weight excluding hydrogens is 597 g/mol. The second kappa shape index (κ2) is 15.9. The van der Waals surface area contributed by atoms with Crippen LogP contribution in [0.3, 0.4) is 0 Å². The number of methoxy groups -OCH3 is 1. The highest BCUT2D eigenvalue weighted by molar-refractivity contribution is 6.33. The predicted octanol–water partition coefficient (Wildman–Crippen LogP) is 3.67. The van der Waals surface area contributed by atoms with E-state index >= 15 is 0 Å². The van der Waals surface area contributed by atoms with E-state index in [1.165, 1.54) is 37.7 Å². The Labute approximate surface area is 261 Å². The third kappa shape index (κ3) is 9.69. The summed E-state index contributed by atoms with van der Waals surface area (Å²) in [4.78, 5) is 17.7. The third-order valence-corrected chi connectivity index (χ3v) is 7.44. The summed E-state index contributed by atoms with van der Waals surface area (Å²) in [5, 5.41) is 7.91. The number of benzene rings is 1. The predicted molar refractivity (Wildman–Crippen MR) is 169 cm³/mol. The Kier molecular flexibility index (Phi) is 12.6. The van der Waals surface area contributed by atoms with Crippen molar-refractivity contribution in [2.45, 2.75) is 25.6 Å². The van der Waals surface area contributed by atoms with Crippen molar-refractivity contribution in [1.29, 1.82) is 0 Å². The number of nitrogens with zero attached hydrogens (tertiary/aromatic N) is 4. The van der Waals surface area contributed by atoms with Gasteiger partial charge in [0.25, 0.3) is 5.91 Å². The summed E-state index contributed by atoms with van der Waals surface area (Å²) in [6, 6.07) is 4.31. The number of halogens is 4. The maximum absolute atomic E-state index is 14.1. The number of allylic oxidation sites excluding steroid dienone is 4. The summed E-state index contributed by atoms with van der Waals surface area (Å²) < 4.78 is 47.9. The van der Waals surface area contributed by atoms with Crippen molar-refractivity contribution in [2.75, 3.05) is 58.9 Å². The number of nitrogens with two attached hydrogens (primary N) is 2. The standard InChI is InChI=1S/C30H40ClF3N8O2/c1-5-21(17-38-37-2)25(35)19-42(36)27-15-22(7-8-24(27)31)29(43)39-26-16-23(30(32,33)34)13-20(14-28(26)44-4)18-41-10-6-9-40(3)11-12-41/h5,7-8,13-17,19,28,37H,6,9-12,18,35-36H2,1-4H3,(H,39,43)/b21-5-,25-19-,38-17-. The van der Waals surface area contributed by atoms with Crippen molar-refractivity contribution in [1.82, 2.24) is 20.5 Å². The molecule has 0 bridgehead atoms. The summed E-state index contributed by atoms with van der Waals surface area (Å²) in [6.45, 7) is 5.35. The summed E-state index contributed by atoms with van der Waals surface area (Å²) >= 11 is 6.37. The summed E-state index contributed by atoms with van der Waals surface area (Å²) in [7, 11) is 5.04. The number of nitrogens with one attached hydrogen (secondary N) is 2. The van der Waals surface area contributed by atoms with E-state index in [-0.39, 0.29) is 27.7 Å². The Balaban J connectivity index is 1.88. The molecule has 1 aliphatic carbocycles. The molecular formula is C30H40ClF3N8O2. The second-order valence-electron chi connectivity index (χ2n) is 10.4. The number of anilines is 1. The monoisotopic (exact) mass is 636 g/mol. The second-order valence-corrected chi connectivity index (χ2v) is 10.8. The lowest BCUT2D eigenvalue weighted by Gasteiger charge is -2.22. The fraction of sp³-hybridized carbons (Fsp3) is 0.400. The summed E-state index contributed by atoms with van der Waals surface area (Å²) in [6.07, 6.45) is 3.61. The molecule has 0 spiro atoms. The lowest BCUT2D eigenvalue weighted by Crippen LogP contribution is -2.32. The Morgan fingerprint density at radius 1 is 1.25 bits per heavy atom. The van der Waals surface area contributed by atoms with Crippen LogP contribution >= 0.6 is 11.6 Å². The Bertz CT molecular complexity index is 1370. The normalized spacial score (nSPS) is 19.6. The average molecular weight is 637 g/mol. The van der Waals surface area contributed by atoms with Gasteiger partial charge in [-0.25, -0.2) is 5.84 Å². The van der Waals surface area contributed by atoms with Crippen LogP contribution in [0, 0.1) is 0 Å². The fourth-order valence-electron chi connectivity index (χ4n) is 4.70. The molecule has 240 valence electrons. The number of likely N-dealkylation sites (N-methyl/N-ethyl adjacent to an activating group) is 1. The lowest BCUT2D eigenvalue weighted by atomic mass is 10.1. The first-order valence-corrected chi connectivity index (χ1v) is 14.4. The van der Waals surface area contributed by atoms with Gasteiger partial charge in [0.15, 0.2) is 0 Å². The molecule has 14 heteroatoms. The van der Waals surface area contributed by atoms with Gasteiger partial charge in [-0.15, -0.1) is 0 Å². The van der Waals surface area contributed by atoms with Crippen molar-refractivity contribution in [2.24, 2.45) is 16.7 Å². The van der Waals surface area contributed by atoms with Crippen molar-refractivity contribution < 1.29 is 22.7 Å². The zero-order valence-corrected chi connectivity index (χ0v) is 26.0. The number of carbonyl (C=O) groups excluding carboxylic acids is 1. The van der Waals surface area contributed by atoms with Gasteiger partial charge in [-0.05, 0) is 75.5 Å². The third-order valence-electron chi connectivity index (χ3n) is 7.12. The number of carbonyl (C=O) groups is 1. The van der Waals surface area contributed by atoms with Crippen LogP contribution in [0.1, 0.15) is 23.7 Å². The van der Waals surface area contributed by atoms with E-state index < -0.39 is 23.8 Å². The van der Waals surface area contributed by atoms with Crippen LogP contribution in [-0.2, 0) is 4.74 Å². The molecule has 1 atom stereocenters. The number of hydrazone groups is 1. The highest BCUT2D eigenvalue weighted by Crippen LogP contribution is 2.32. The van der Waals surface area contributed by atoms with E-state index in [9.17, 15) is 18.0 Å². The van der Waals surface area contributed by atoms with Crippen LogP contribution in [0.25, 0.3) is 0 Å².